The van der Waals surface area contributed by atoms with Gasteiger partial charge in [0, 0.05) is 22.8 Å². The Bertz CT molecular complexity index is 808. The highest BCUT2D eigenvalue weighted by Crippen LogP contribution is 2.22. The third kappa shape index (κ3) is 3.78. The summed E-state index contributed by atoms with van der Waals surface area (Å²) in [6.45, 7) is 0.618. The molecule has 25 heavy (non-hydrogen) atoms. The fourth-order valence-corrected chi connectivity index (χ4v) is 2.75. The summed E-state index contributed by atoms with van der Waals surface area (Å²) in [5, 5.41) is 13.1. The Hall–Kier alpha value is -2.92. The first-order chi connectivity index (χ1) is 12.2. The van der Waals surface area contributed by atoms with E-state index in [4.69, 9.17) is 9.47 Å². The van der Waals surface area contributed by atoms with Crippen molar-refractivity contribution in [3.63, 3.8) is 0 Å². The molecule has 2 aromatic carbocycles. The summed E-state index contributed by atoms with van der Waals surface area (Å²) in [5.41, 5.74) is 3.90. The van der Waals surface area contributed by atoms with Crippen LogP contribution in [0.1, 0.15) is 11.4 Å². The molecule has 3 rings (SSSR count). The van der Waals surface area contributed by atoms with E-state index in [1.54, 1.807) is 14.2 Å². The van der Waals surface area contributed by atoms with Crippen molar-refractivity contribution in [3.05, 3.63) is 72.1 Å². The van der Waals surface area contributed by atoms with Crippen LogP contribution < -0.4 is 14.8 Å². The van der Waals surface area contributed by atoms with Gasteiger partial charge in [0.25, 0.3) is 0 Å². The van der Waals surface area contributed by atoms with Gasteiger partial charge in [-0.2, -0.15) is 0 Å². The van der Waals surface area contributed by atoms with Crippen molar-refractivity contribution in [2.24, 2.45) is 0 Å². The van der Waals surface area contributed by atoms with E-state index in [1.807, 2.05) is 60.7 Å². The Kier molecular flexibility index (Phi) is 5.26. The minimum atomic E-state index is -0.0193. The Morgan fingerprint density at radius 1 is 0.800 bits per heavy atom. The van der Waals surface area contributed by atoms with Gasteiger partial charge in [0.2, 0.25) is 0 Å². The number of benzene rings is 2. The number of hydrogen-bond acceptors (Lipinski definition) is 4. The van der Waals surface area contributed by atoms with Gasteiger partial charge in [0.1, 0.15) is 11.5 Å². The fraction of sp³-hybridized carbons (Fsp3) is 0.200. The number of hydrogen-bond donors (Lipinski definition) is 2. The van der Waals surface area contributed by atoms with Gasteiger partial charge in [0.05, 0.1) is 27.4 Å². The molecule has 0 aliphatic carbocycles. The molecule has 0 spiro atoms. The van der Waals surface area contributed by atoms with Gasteiger partial charge in [0.15, 0.2) is 0 Å². The molecule has 5 nitrogen and oxygen atoms in total. The molecule has 0 atom stereocenters. The van der Waals surface area contributed by atoms with E-state index in [1.165, 1.54) is 0 Å². The number of methoxy groups -OCH3 is 2. The summed E-state index contributed by atoms with van der Waals surface area (Å²) in [4.78, 5) is 0. The summed E-state index contributed by atoms with van der Waals surface area (Å²) in [7, 11) is 3.30. The van der Waals surface area contributed by atoms with E-state index >= 15 is 0 Å². The van der Waals surface area contributed by atoms with E-state index < -0.39 is 0 Å². The predicted octanol–water partition coefficient (Wildman–Crippen LogP) is 3.60. The molecule has 130 valence electrons. The number of nitrogens with zero attached hydrogens (tertiary/aromatic N) is 1. The van der Waals surface area contributed by atoms with Crippen LogP contribution in [0.3, 0.4) is 0 Å². The molecular weight excluding hydrogens is 316 g/mol. The first kappa shape index (κ1) is 16.9. The molecule has 5 heteroatoms. The average molecular weight is 338 g/mol. The van der Waals surface area contributed by atoms with Crippen LogP contribution in [0, 0.1) is 0 Å². The maximum absolute atomic E-state index is 9.66. The van der Waals surface area contributed by atoms with E-state index in [-0.39, 0.29) is 6.61 Å². The van der Waals surface area contributed by atoms with Crippen LogP contribution in [0.2, 0.25) is 0 Å². The number of nitrogens with one attached hydrogen (secondary N) is 1. The number of aromatic nitrogens is 1. The third-order valence-electron chi connectivity index (χ3n) is 4.10. The number of aliphatic hydroxyl groups is 1. The zero-order valence-electron chi connectivity index (χ0n) is 14.4. The van der Waals surface area contributed by atoms with Crippen molar-refractivity contribution in [2.45, 2.75) is 13.2 Å². The van der Waals surface area contributed by atoms with Crippen molar-refractivity contribution in [3.8, 4) is 17.2 Å². The fourth-order valence-electron chi connectivity index (χ4n) is 2.75. The average Bonchev–Trinajstić information content (AvgIpc) is 3.09. The van der Waals surface area contributed by atoms with Gasteiger partial charge in [-0.25, -0.2) is 0 Å². The molecule has 0 amide bonds. The van der Waals surface area contributed by atoms with Crippen LogP contribution in [0.4, 0.5) is 5.69 Å². The number of anilines is 1. The molecule has 0 radical (unpaired) electrons. The minimum absolute atomic E-state index is 0.0193. The molecule has 0 fully saturated rings. The molecule has 0 saturated carbocycles. The van der Waals surface area contributed by atoms with E-state index in [2.05, 4.69) is 9.88 Å². The summed E-state index contributed by atoms with van der Waals surface area (Å²) in [6, 6.07) is 19.5. The van der Waals surface area contributed by atoms with E-state index in [0.717, 1.165) is 34.3 Å². The second kappa shape index (κ2) is 7.77. The lowest BCUT2D eigenvalue weighted by Crippen LogP contribution is -2.08. The lowest BCUT2D eigenvalue weighted by Gasteiger charge is -2.14. The normalized spacial score (nSPS) is 10.5. The Morgan fingerprint density at radius 3 is 1.92 bits per heavy atom. The SMILES string of the molecule is COc1ccc(NCc2ccc(CO)n2-c2ccc(OC)cc2)cc1. The minimum Gasteiger partial charge on any atom is -0.497 e. The molecule has 3 aromatic rings. The highest BCUT2D eigenvalue weighted by atomic mass is 16.5. The zero-order chi connectivity index (χ0) is 17.6. The lowest BCUT2D eigenvalue weighted by molar-refractivity contribution is 0.274. The van der Waals surface area contributed by atoms with Crippen LogP contribution in [0.5, 0.6) is 11.5 Å². The summed E-state index contributed by atoms with van der Waals surface area (Å²) >= 11 is 0. The van der Waals surface area contributed by atoms with E-state index in [9.17, 15) is 5.11 Å². The van der Waals surface area contributed by atoms with Gasteiger partial charge in [-0.3, -0.25) is 0 Å². The predicted molar refractivity (Wildman–Crippen MR) is 98.6 cm³/mol. The van der Waals surface area contributed by atoms with Crippen LogP contribution >= 0.6 is 0 Å². The molecule has 0 saturated heterocycles. The Balaban J connectivity index is 1.82. The summed E-state index contributed by atoms with van der Waals surface area (Å²) in [6.07, 6.45) is 0. The van der Waals surface area contributed by atoms with Crippen molar-refractivity contribution >= 4 is 5.69 Å². The van der Waals surface area contributed by atoms with Crippen molar-refractivity contribution in [1.29, 1.82) is 0 Å². The molecule has 0 aliphatic heterocycles. The highest BCUT2D eigenvalue weighted by Gasteiger charge is 2.10. The highest BCUT2D eigenvalue weighted by molar-refractivity contribution is 5.47. The maximum atomic E-state index is 9.66. The van der Waals surface area contributed by atoms with Gasteiger partial charge in [-0.05, 0) is 60.7 Å². The first-order valence-electron chi connectivity index (χ1n) is 8.08. The van der Waals surface area contributed by atoms with Gasteiger partial charge < -0.3 is 24.5 Å². The molecular formula is C20H22N2O3. The smallest absolute Gasteiger partial charge is 0.119 e. The van der Waals surface area contributed by atoms with Crippen molar-refractivity contribution < 1.29 is 14.6 Å². The summed E-state index contributed by atoms with van der Waals surface area (Å²) < 4.78 is 12.4. The topological polar surface area (TPSA) is 55.6 Å². The Morgan fingerprint density at radius 2 is 1.36 bits per heavy atom. The van der Waals surface area contributed by atoms with Crippen LogP contribution in [-0.4, -0.2) is 23.9 Å². The van der Waals surface area contributed by atoms with Crippen LogP contribution in [0.15, 0.2) is 60.7 Å². The van der Waals surface area contributed by atoms with Gasteiger partial charge >= 0.3 is 0 Å². The molecule has 0 bridgehead atoms. The second-order valence-electron chi connectivity index (χ2n) is 5.59. The molecule has 0 unspecified atom stereocenters. The summed E-state index contributed by atoms with van der Waals surface area (Å²) in [5.74, 6) is 1.63. The molecule has 0 aliphatic rings. The van der Waals surface area contributed by atoms with Gasteiger partial charge in [-0.15, -0.1) is 0 Å². The van der Waals surface area contributed by atoms with Crippen molar-refractivity contribution in [1.82, 2.24) is 4.57 Å². The van der Waals surface area contributed by atoms with Crippen LogP contribution in [-0.2, 0) is 13.2 Å². The maximum Gasteiger partial charge on any atom is 0.119 e. The monoisotopic (exact) mass is 338 g/mol. The molecule has 1 aromatic heterocycles. The van der Waals surface area contributed by atoms with Crippen LogP contribution in [0.25, 0.3) is 5.69 Å². The lowest BCUT2D eigenvalue weighted by atomic mass is 10.2. The second-order valence-corrected chi connectivity index (χ2v) is 5.59. The Labute approximate surface area is 147 Å². The number of rotatable bonds is 7. The number of aliphatic hydroxyl groups excluding tert-OH is 1. The first-order valence-corrected chi connectivity index (χ1v) is 8.08. The van der Waals surface area contributed by atoms with Crippen molar-refractivity contribution in [2.75, 3.05) is 19.5 Å². The quantitative estimate of drug-likeness (QED) is 0.691. The largest absolute Gasteiger partial charge is 0.497 e. The number of ether oxygens (including phenoxy) is 2. The molecule has 2 N–H and O–H groups in total. The third-order valence-corrected chi connectivity index (χ3v) is 4.10. The standard InChI is InChI=1S/C20H22N2O3/c1-24-19-9-3-15(4-10-19)21-13-17-5-6-18(14-23)22(17)16-7-11-20(25-2)12-8-16/h3-12,21,23H,13-14H2,1-2H3. The van der Waals surface area contributed by atoms with E-state index in [0.29, 0.717) is 6.54 Å². The van der Waals surface area contributed by atoms with Gasteiger partial charge in [-0.1, -0.05) is 0 Å². The zero-order valence-corrected chi connectivity index (χ0v) is 14.4. The molecule has 1 heterocycles.